The summed E-state index contributed by atoms with van der Waals surface area (Å²) in [4.78, 5) is 12.7. The van der Waals surface area contributed by atoms with Gasteiger partial charge in [0.05, 0.1) is 17.6 Å². The van der Waals surface area contributed by atoms with Crippen molar-refractivity contribution in [3.63, 3.8) is 0 Å². The highest BCUT2D eigenvalue weighted by Crippen LogP contribution is 2.57. The normalized spacial score (nSPS) is 17.8. The van der Waals surface area contributed by atoms with Crippen molar-refractivity contribution < 1.29 is 23.3 Å². The van der Waals surface area contributed by atoms with Gasteiger partial charge in [-0.15, -0.1) is 15.0 Å². The van der Waals surface area contributed by atoms with Crippen LogP contribution in [0.15, 0.2) is 61.2 Å². The number of benzene rings is 2. The number of hydrogen-bond donors (Lipinski definition) is 0. The molecule has 0 amide bonds. The fourth-order valence-electron chi connectivity index (χ4n) is 3.54. The van der Waals surface area contributed by atoms with Crippen molar-refractivity contribution >= 4 is 12.7 Å². The van der Waals surface area contributed by atoms with Crippen LogP contribution in [0.3, 0.4) is 0 Å². The molecule has 8 nitrogen and oxygen atoms in total. The van der Waals surface area contributed by atoms with E-state index in [2.05, 4.69) is 35.4 Å². The van der Waals surface area contributed by atoms with Crippen molar-refractivity contribution in [3.05, 3.63) is 61.2 Å². The summed E-state index contributed by atoms with van der Waals surface area (Å²) < 4.78 is 37.4. The second-order valence-corrected chi connectivity index (χ2v) is 11.2. The van der Waals surface area contributed by atoms with Gasteiger partial charge in [-0.25, -0.2) is 0 Å². The molecule has 4 rings (SSSR count). The first-order valence-corrected chi connectivity index (χ1v) is 13.4. The highest BCUT2D eigenvalue weighted by molar-refractivity contribution is 7.68. The van der Waals surface area contributed by atoms with E-state index in [9.17, 15) is 4.57 Å². The van der Waals surface area contributed by atoms with Crippen molar-refractivity contribution in [2.45, 2.75) is 32.9 Å². The Hall–Kier alpha value is -3.38. The zero-order valence-corrected chi connectivity index (χ0v) is 21.1. The number of ether oxygens (including phenoxy) is 3. The van der Waals surface area contributed by atoms with Crippen LogP contribution in [0.4, 0.5) is 0 Å². The van der Waals surface area contributed by atoms with Gasteiger partial charge in [0.2, 0.25) is 0 Å². The predicted molar refractivity (Wildman–Crippen MR) is 135 cm³/mol. The fraction of sp³-hybridized carbons (Fsp3) is 0.346. The molecule has 3 aromatic rings. The summed E-state index contributed by atoms with van der Waals surface area (Å²) in [6, 6.07) is 15.4. The monoisotopic (exact) mass is 495 g/mol. The predicted octanol–water partition coefficient (Wildman–Crippen LogP) is 5.29. The Balaban J connectivity index is 1.55. The third kappa shape index (κ3) is 5.49. The van der Waals surface area contributed by atoms with Crippen LogP contribution in [0.25, 0.3) is 11.1 Å². The van der Waals surface area contributed by atoms with E-state index < -0.39 is 13.0 Å². The number of fused-ring (bicyclic) bond motifs is 3. The van der Waals surface area contributed by atoms with E-state index in [1.807, 2.05) is 55.5 Å². The van der Waals surface area contributed by atoms with Crippen molar-refractivity contribution in [2.24, 2.45) is 5.92 Å². The minimum Gasteiger partial charge on any atom is -0.463 e. The third-order valence-corrected chi connectivity index (χ3v) is 8.62. The molecular formula is C26H30N3O5P. The molecular weight excluding hydrogens is 465 g/mol. The van der Waals surface area contributed by atoms with Gasteiger partial charge in [-0.2, -0.15) is 0 Å². The standard InChI is InChI=1S/C26H30N3O5P/c1-5-15-31-24-27-25(32-16-18(3)6-2)29-26(28-24)33-17-19(4)35(30)23-14-10-8-12-21(23)20-11-7-9-13-22(20)34-35/h5,7-14,18-19H,1,6,15-17H2,2-4H3. The van der Waals surface area contributed by atoms with E-state index in [-0.39, 0.29) is 31.2 Å². The average Bonchev–Trinajstić information content (AvgIpc) is 2.89. The molecule has 0 saturated carbocycles. The molecule has 0 spiro atoms. The quantitative estimate of drug-likeness (QED) is 0.262. The molecule has 0 fully saturated rings. The molecule has 35 heavy (non-hydrogen) atoms. The molecule has 0 N–H and O–H groups in total. The Kier molecular flexibility index (Phi) is 7.71. The second kappa shape index (κ2) is 10.9. The molecule has 3 atom stereocenters. The van der Waals surface area contributed by atoms with E-state index >= 15 is 0 Å². The minimum atomic E-state index is -3.31. The number of para-hydroxylation sites is 1. The Morgan fingerprint density at radius 2 is 1.51 bits per heavy atom. The van der Waals surface area contributed by atoms with Crippen LogP contribution in [-0.2, 0) is 4.57 Å². The number of nitrogens with zero attached hydrogens (tertiary/aromatic N) is 3. The highest BCUT2D eigenvalue weighted by Gasteiger charge is 2.41. The second-order valence-electron chi connectivity index (χ2n) is 8.47. The van der Waals surface area contributed by atoms with Crippen molar-refractivity contribution in [1.82, 2.24) is 15.0 Å². The summed E-state index contributed by atoms with van der Waals surface area (Å²) in [5.74, 6) is 0.938. The maximum absolute atomic E-state index is 14.2. The fourth-order valence-corrected chi connectivity index (χ4v) is 5.84. The lowest BCUT2D eigenvalue weighted by molar-refractivity contribution is 0.217. The summed E-state index contributed by atoms with van der Waals surface area (Å²) in [6.45, 7) is 10.4. The van der Waals surface area contributed by atoms with Crippen molar-refractivity contribution in [2.75, 3.05) is 19.8 Å². The van der Waals surface area contributed by atoms with Crippen LogP contribution in [0, 0.1) is 5.92 Å². The molecule has 0 radical (unpaired) electrons. The zero-order valence-electron chi connectivity index (χ0n) is 20.2. The van der Waals surface area contributed by atoms with E-state index in [1.165, 1.54) is 0 Å². The Labute approximate surface area is 205 Å². The first kappa shape index (κ1) is 24.7. The molecule has 1 aliphatic heterocycles. The molecule has 184 valence electrons. The number of aromatic nitrogens is 3. The molecule has 1 aromatic heterocycles. The third-order valence-electron chi connectivity index (χ3n) is 5.78. The van der Waals surface area contributed by atoms with E-state index in [4.69, 9.17) is 18.7 Å². The van der Waals surface area contributed by atoms with Gasteiger partial charge in [-0.3, -0.25) is 4.57 Å². The lowest BCUT2D eigenvalue weighted by Crippen LogP contribution is -2.28. The highest BCUT2D eigenvalue weighted by atomic mass is 31.2. The molecule has 1 aliphatic rings. The van der Waals surface area contributed by atoms with E-state index in [1.54, 1.807) is 6.08 Å². The lowest BCUT2D eigenvalue weighted by Gasteiger charge is -2.32. The van der Waals surface area contributed by atoms with Gasteiger partial charge in [0.15, 0.2) is 0 Å². The van der Waals surface area contributed by atoms with E-state index in [0.29, 0.717) is 23.6 Å². The van der Waals surface area contributed by atoms with Gasteiger partial charge in [-0.05, 0) is 30.5 Å². The van der Waals surface area contributed by atoms with Crippen LogP contribution in [-0.4, -0.2) is 40.4 Å². The lowest BCUT2D eigenvalue weighted by atomic mass is 10.0. The largest absolute Gasteiger partial charge is 0.463 e. The van der Waals surface area contributed by atoms with Crippen LogP contribution >= 0.6 is 7.37 Å². The van der Waals surface area contributed by atoms with Crippen molar-refractivity contribution in [3.8, 4) is 34.9 Å². The molecule has 0 saturated heterocycles. The summed E-state index contributed by atoms with van der Waals surface area (Å²) in [6.07, 6.45) is 2.55. The van der Waals surface area contributed by atoms with Crippen molar-refractivity contribution in [1.29, 1.82) is 0 Å². The molecule has 2 aromatic carbocycles. The van der Waals surface area contributed by atoms with Gasteiger partial charge in [0, 0.05) is 5.56 Å². The van der Waals surface area contributed by atoms with Crippen LogP contribution < -0.4 is 24.0 Å². The topological polar surface area (TPSA) is 92.7 Å². The van der Waals surface area contributed by atoms with Gasteiger partial charge in [0.1, 0.15) is 19.0 Å². The van der Waals surface area contributed by atoms with Crippen LogP contribution in [0.1, 0.15) is 27.2 Å². The SMILES string of the molecule is C=CCOc1nc(OCC(C)CC)nc(OCC(C)P2(=O)Oc3ccccc3-c3ccccc32)n1. The van der Waals surface area contributed by atoms with E-state index in [0.717, 1.165) is 17.5 Å². The summed E-state index contributed by atoms with van der Waals surface area (Å²) in [5, 5.41) is 0.679. The Morgan fingerprint density at radius 3 is 2.20 bits per heavy atom. The Morgan fingerprint density at radius 1 is 0.914 bits per heavy atom. The maximum atomic E-state index is 14.2. The van der Waals surface area contributed by atoms with Crippen LogP contribution in [0.5, 0.6) is 23.8 Å². The van der Waals surface area contributed by atoms with Gasteiger partial charge < -0.3 is 18.7 Å². The first-order chi connectivity index (χ1) is 16.9. The minimum absolute atomic E-state index is 0.0300. The van der Waals surface area contributed by atoms with Gasteiger partial charge in [-0.1, -0.05) is 69.3 Å². The molecule has 2 heterocycles. The Bertz CT molecular complexity index is 1240. The molecule has 0 bridgehead atoms. The summed E-state index contributed by atoms with van der Waals surface area (Å²) >= 11 is 0. The molecule has 3 unspecified atom stereocenters. The van der Waals surface area contributed by atoms with Gasteiger partial charge >= 0.3 is 18.0 Å². The summed E-state index contributed by atoms with van der Waals surface area (Å²) in [5.41, 5.74) is 1.36. The molecule has 0 aliphatic carbocycles. The van der Waals surface area contributed by atoms with Gasteiger partial charge in [0.25, 0.3) is 7.37 Å². The zero-order chi connectivity index (χ0) is 24.8. The first-order valence-electron chi connectivity index (χ1n) is 11.7. The summed E-state index contributed by atoms with van der Waals surface area (Å²) in [7, 11) is -3.31. The number of hydrogen-bond acceptors (Lipinski definition) is 8. The molecule has 9 heteroatoms. The average molecular weight is 496 g/mol. The number of rotatable bonds is 11. The van der Waals surface area contributed by atoms with Crippen LogP contribution in [0.2, 0.25) is 0 Å². The smallest absolute Gasteiger partial charge is 0.326 e. The maximum Gasteiger partial charge on any atom is 0.326 e.